The lowest BCUT2D eigenvalue weighted by atomic mass is 10.1. The number of anilines is 3. The number of nitrogens with two attached hydrogens (primary N) is 1. The van der Waals surface area contributed by atoms with Crippen molar-refractivity contribution >= 4 is 17.8 Å². The zero-order valence-electron chi connectivity index (χ0n) is 12.7. The van der Waals surface area contributed by atoms with Crippen LogP contribution in [0.3, 0.4) is 0 Å². The van der Waals surface area contributed by atoms with Crippen molar-refractivity contribution in [2.24, 2.45) is 5.92 Å². The van der Waals surface area contributed by atoms with Gasteiger partial charge in [0, 0.05) is 25.7 Å². The van der Waals surface area contributed by atoms with Gasteiger partial charge >= 0.3 is 0 Å². The van der Waals surface area contributed by atoms with Gasteiger partial charge in [-0.1, -0.05) is 12.8 Å². The van der Waals surface area contributed by atoms with Gasteiger partial charge in [-0.3, -0.25) is 0 Å². The van der Waals surface area contributed by atoms with E-state index in [0.717, 1.165) is 32.0 Å². The average molecular weight is 291 g/mol. The number of aromatic nitrogens is 3. The van der Waals surface area contributed by atoms with Gasteiger partial charge in [0.2, 0.25) is 17.8 Å². The van der Waals surface area contributed by atoms with E-state index in [-0.39, 0.29) is 0 Å². The van der Waals surface area contributed by atoms with Crippen molar-refractivity contribution in [1.82, 2.24) is 20.3 Å². The summed E-state index contributed by atoms with van der Waals surface area (Å²) in [7, 11) is 1.99. The summed E-state index contributed by atoms with van der Waals surface area (Å²) in [5.74, 6) is 2.33. The summed E-state index contributed by atoms with van der Waals surface area (Å²) in [5, 5.41) is 6.63. The first kappa shape index (κ1) is 14.3. The van der Waals surface area contributed by atoms with Crippen LogP contribution in [0.1, 0.15) is 32.1 Å². The van der Waals surface area contributed by atoms with Crippen molar-refractivity contribution in [2.75, 3.05) is 42.6 Å². The number of nitrogens with one attached hydrogen (secondary N) is 2. The van der Waals surface area contributed by atoms with Crippen LogP contribution >= 0.6 is 0 Å². The van der Waals surface area contributed by atoms with Gasteiger partial charge in [0.25, 0.3) is 0 Å². The fourth-order valence-electron chi connectivity index (χ4n) is 3.23. The predicted molar refractivity (Wildman–Crippen MR) is 84.4 cm³/mol. The van der Waals surface area contributed by atoms with Crippen molar-refractivity contribution < 1.29 is 0 Å². The highest BCUT2D eigenvalue weighted by Crippen LogP contribution is 2.25. The zero-order chi connectivity index (χ0) is 14.7. The van der Waals surface area contributed by atoms with Crippen molar-refractivity contribution in [3.05, 3.63) is 0 Å². The third-order valence-electron chi connectivity index (χ3n) is 4.54. The van der Waals surface area contributed by atoms with Gasteiger partial charge in [-0.05, 0) is 32.2 Å². The Kier molecular flexibility index (Phi) is 4.38. The van der Waals surface area contributed by atoms with E-state index in [2.05, 4.69) is 30.5 Å². The number of nitrogen functional groups attached to an aromatic ring is 1. The smallest absolute Gasteiger partial charge is 0.232 e. The highest BCUT2D eigenvalue weighted by Gasteiger charge is 2.24. The average Bonchev–Trinajstić information content (AvgIpc) is 3.16. The molecule has 2 fully saturated rings. The quantitative estimate of drug-likeness (QED) is 0.741. The minimum absolute atomic E-state index is 0.293. The minimum Gasteiger partial charge on any atom is -0.368 e. The molecule has 1 atom stereocenters. The van der Waals surface area contributed by atoms with E-state index in [0.29, 0.717) is 23.9 Å². The van der Waals surface area contributed by atoms with Gasteiger partial charge < -0.3 is 21.3 Å². The molecule has 1 aromatic heterocycles. The predicted octanol–water partition coefficient (Wildman–Crippen LogP) is 0.854. The Morgan fingerprint density at radius 2 is 2.00 bits per heavy atom. The minimum atomic E-state index is 0.293. The number of nitrogens with zero attached hydrogens (tertiary/aromatic N) is 4. The Morgan fingerprint density at radius 3 is 2.71 bits per heavy atom. The molecule has 1 aliphatic heterocycles. The maximum absolute atomic E-state index is 5.83. The molecule has 0 bridgehead atoms. The van der Waals surface area contributed by atoms with Crippen LogP contribution < -0.4 is 21.3 Å². The lowest BCUT2D eigenvalue weighted by molar-refractivity contribution is 0.577. The fraction of sp³-hybridized carbons (Fsp3) is 0.786. The molecule has 1 saturated heterocycles. The Balaban J connectivity index is 1.64. The lowest BCUT2D eigenvalue weighted by Gasteiger charge is -2.17. The van der Waals surface area contributed by atoms with Crippen molar-refractivity contribution in [1.29, 1.82) is 0 Å². The first-order valence-corrected chi connectivity index (χ1v) is 7.92. The first-order valence-electron chi connectivity index (χ1n) is 7.92. The summed E-state index contributed by atoms with van der Waals surface area (Å²) in [6.45, 7) is 2.81. The second-order valence-electron chi connectivity index (χ2n) is 6.07. The largest absolute Gasteiger partial charge is 0.368 e. The summed E-state index contributed by atoms with van der Waals surface area (Å²) in [4.78, 5) is 15.2. The zero-order valence-corrected chi connectivity index (χ0v) is 12.7. The molecular weight excluding hydrogens is 266 g/mol. The Bertz CT molecular complexity index is 472. The molecule has 21 heavy (non-hydrogen) atoms. The highest BCUT2D eigenvalue weighted by atomic mass is 15.3. The van der Waals surface area contributed by atoms with Crippen molar-refractivity contribution in [3.63, 3.8) is 0 Å². The van der Waals surface area contributed by atoms with E-state index >= 15 is 0 Å². The molecule has 1 aromatic rings. The molecule has 0 spiro atoms. The van der Waals surface area contributed by atoms with Crippen molar-refractivity contribution in [3.8, 4) is 0 Å². The van der Waals surface area contributed by atoms with Crippen LogP contribution in [0.5, 0.6) is 0 Å². The normalized spacial score (nSPS) is 22.9. The summed E-state index contributed by atoms with van der Waals surface area (Å²) >= 11 is 0. The van der Waals surface area contributed by atoms with Gasteiger partial charge in [-0.15, -0.1) is 0 Å². The van der Waals surface area contributed by atoms with Crippen LogP contribution in [-0.4, -0.2) is 47.7 Å². The van der Waals surface area contributed by atoms with Crippen molar-refractivity contribution in [2.45, 2.75) is 38.1 Å². The van der Waals surface area contributed by atoms with Gasteiger partial charge in [-0.25, -0.2) is 0 Å². The molecule has 7 nitrogen and oxygen atoms in total. The Morgan fingerprint density at radius 1 is 1.19 bits per heavy atom. The van der Waals surface area contributed by atoms with E-state index in [4.69, 9.17) is 5.73 Å². The lowest BCUT2D eigenvalue weighted by Crippen LogP contribution is -2.30. The second kappa shape index (κ2) is 6.43. The van der Waals surface area contributed by atoms with E-state index < -0.39 is 0 Å². The van der Waals surface area contributed by atoms with Gasteiger partial charge in [-0.2, -0.15) is 15.0 Å². The first-order chi connectivity index (χ1) is 10.2. The van der Waals surface area contributed by atoms with Crippen LogP contribution in [0.2, 0.25) is 0 Å². The Labute approximate surface area is 125 Å². The molecule has 2 aliphatic rings. The molecule has 0 aromatic carbocycles. The molecule has 7 heteroatoms. The molecule has 4 N–H and O–H groups in total. The van der Waals surface area contributed by atoms with Crippen LogP contribution in [0.25, 0.3) is 0 Å². The van der Waals surface area contributed by atoms with E-state index in [1.807, 2.05) is 7.05 Å². The third kappa shape index (κ3) is 3.53. The second-order valence-corrected chi connectivity index (χ2v) is 6.07. The number of likely N-dealkylation sites (N-methyl/N-ethyl adjacent to an activating group) is 1. The van der Waals surface area contributed by atoms with Crippen LogP contribution in [0.15, 0.2) is 0 Å². The molecule has 1 aliphatic carbocycles. The molecule has 0 amide bonds. The number of hydrogen-bond donors (Lipinski definition) is 3. The molecule has 1 saturated carbocycles. The van der Waals surface area contributed by atoms with Crippen LogP contribution in [0, 0.1) is 5.92 Å². The molecule has 0 unspecified atom stereocenters. The highest BCUT2D eigenvalue weighted by molar-refractivity contribution is 5.42. The number of rotatable bonds is 5. The maximum Gasteiger partial charge on any atom is 0.232 e. The number of hydrogen-bond acceptors (Lipinski definition) is 7. The molecule has 2 heterocycles. The topological polar surface area (TPSA) is 92.0 Å². The Hall–Kier alpha value is -1.63. The van der Waals surface area contributed by atoms with Crippen LogP contribution in [0.4, 0.5) is 17.8 Å². The van der Waals surface area contributed by atoms with Gasteiger partial charge in [0.1, 0.15) is 0 Å². The van der Waals surface area contributed by atoms with E-state index in [1.54, 1.807) is 0 Å². The summed E-state index contributed by atoms with van der Waals surface area (Å²) in [6, 6.07) is 0.498. The molecular formula is C14H25N7. The van der Waals surface area contributed by atoms with E-state index in [1.165, 1.54) is 25.7 Å². The van der Waals surface area contributed by atoms with E-state index in [9.17, 15) is 0 Å². The molecule has 116 valence electrons. The van der Waals surface area contributed by atoms with Crippen LogP contribution in [-0.2, 0) is 0 Å². The molecule has 3 rings (SSSR count). The summed E-state index contributed by atoms with van der Waals surface area (Å²) < 4.78 is 0. The third-order valence-corrected chi connectivity index (χ3v) is 4.54. The SMILES string of the molecule is CN[C@@H]1CCN(c2nc(N)nc(NCC3CCCC3)n2)C1. The maximum atomic E-state index is 5.83. The van der Waals surface area contributed by atoms with Gasteiger partial charge in [0.05, 0.1) is 0 Å². The molecule has 0 radical (unpaired) electrons. The van der Waals surface area contributed by atoms with Gasteiger partial charge in [0.15, 0.2) is 0 Å². The standard InChI is InChI=1S/C14H25N7/c1-16-11-6-7-21(9-11)14-19-12(15)18-13(20-14)17-8-10-4-2-3-5-10/h10-11,16H,2-9H2,1H3,(H3,15,17,18,19,20)/t11-/m1/s1. The fourth-order valence-corrected chi connectivity index (χ4v) is 3.23. The summed E-state index contributed by atoms with van der Waals surface area (Å²) in [6.07, 6.45) is 6.39. The monoisotopic (exact) mass is 291 g/mol. The summed E-state index contributed by atoms with van der Waals surface area (Å²) in [5.41, 5.74) is 5.83.